The number of nitrogens with zero attached hydrogens (tertiary/aromatic N) is 2. The number of rotatable bonds is 3. The highest BCUT2D eigenvalue weighted by Crippen LogP contribution is 2.36. The Labute approximate surface area is 124 Å². The Kier molecular flexibility index (Phi) is 3.79. The maximum absolute atomic E-state index is 6.10. The Morgan fingerprint density at radius 3 is 2.55 bits per heavy atom. The molecule has 1 aromatic heterocycles. The number of halogens is 1. The second-order valence-electron chi connectivity index (χ2n) is 6.11. The van der Waals surface area contributed by atoms with E-state index in [0.29, 0.717) is 10.6 Å². The molecule has 2 aromatic rings. The van der Waals surface area contributed by atoms with E-state index in [1.165, 1.54) is 32.1 Å². The van der Waals surface area contributed by atoms with Crippen LogP contribution >= 0.6 is 11.6 Å². The molecule has 106 valence electrons. The molecule has 0 radical (unpaired) electrons. The molecular formula is C16H20ClN3. The van der Waals surface area contributed by atoms with Crippen molar-refractivity contribution in [1.29, 1.82) is 0 Å². The molecule has 1 N–H and O–H groups in total. The minimum atomic E-state index is 0.376. The van der Waals surface area contributed by atoms with Crippen LogP contribution in [0.5, 0.6) is 0 Å². The van der Waals surface area contributed by atoms with Gasteiger partial charge in [-0.1, -0.05) is 62.1 Å². The van der Waals surface area contributed by atoms with E-state index in [0.717, 1.165) is 23.1 Å². The fraction of sp³-hybridized carbons (Fsp3) is 0.500. The van der Waals surface area contributed by atoms with Crippen LogP contribution in [0.4, 0.5) is 5.82 Å². The van der Waals surface area contributed by atoms with Crippen molar-refractivity contribution in [2.24, 2.45) is 5.41 Å². The summed E-state index contributed by atoms with van der Waals surface area (Å²) in [7, 11) is 0. The van der Waals surface area contributed by atoms with E-state index >= 15 is 0 Å². The average Bonchev–Trinajstić information content (AvgIpc) is 2.48. The third kappa shape index (κ3) is 2.73. The Morgan fingerprint density at radius 1 is 1.10 bits per heavy atom. The van der Waals surface area contributed by atoms with E-state index in [2.05, 4.69) is 22.4 Å². The van der Waals surface area contributed by atoms with Gasteiger partial charge in [-0.2, -0.15) is 0 Å². The number of benzene rings is 1. The van der Waals surface area contributed by atoms with Gasteiger partial charge in [-0.15, -0.1) is 10.2 Å². The quantitative estimate of drug-likeness (QED) is 0.892. The second kappa shape index (κ2) is 5.57. The highest BCUT2D eigenvalue weighted by Gasteiger charge is 2.26. The van der Waals surface area contributed by atoms with Crippen molar-refractivity contribution in [3.63, 3.8) is 0 Å². The van der Waals surface area contributed by atoms with Gasteiger partial charge >= 0.3 is 0 Å². The zero-order valence-corrected chi connectivity index (χ0v) is 12.6. The standard InChI is InChI=1S/C16H20ClN3/c1-16(9-5-2-6-10-16)11-18-15-13-8-4-3-7-12(13)14(17)19-20-15/h3-4,7-8H,2,5-6,9-11H2,1H3,(H,18,20). The van der Waals surface area contributed by atoms with E-state index < -0.39 is 0 Å². The van der Waals surface area contributed by atoms with E-state index in [-0.39, 0.29) is 0 Å². The number of fused-ring (bicyclic) bond motifs is 1. The van der Waals surface area contributed by atoms with Crippen molar-refractivity contribution < 1.29 is 0 Å². The van der Waals surface area contributed by atoms with E-state index in [1.54, 1.807) is 0 Å². The molecule has 1 fully saturated rings. The van der Waals surface area contributed by atoms with E-state index in [1.807, 2.05) is 24.3 Å². The van der Waals surface area contributed by atoms with Gasteiger partial charge in [-0.25, -0.2) is 0 Å². The van der Waals surface area contributed by atoms with Gasteiger partial charge < -0.3 is 5.32 Å². The summed E-state index contributed by atoms with van der Waals surface area (Å²) in [5.74, 6) is 0.844. The molecule has 0 aliphatic heterocycles. The van der Waals surface area contributed by atoms with Crippen molar-refractivity contribution in [3.8, 4) is 0 Å². The third-order valence-corrected chi connectivity index (χ3v) is 4.66. The molecule has 1 aliphatic rings. The molecule has 0 spiro atoms. The van der Waals surface area contributed by atoms with Crippen LogP contribution in [0.2, 0.25) is 5.15 Å². The monoisotopic (exact) mass is 289 g/mol. The van der Waals surface area contributed by atoms with Crippen LogP contribution in [0.25, 0.3) is 10.8 Å². The molecule has 3 rings (SSSR count). The van der Waals surface area contributed by atoms with Crippen molar-refractivity contribution >= 4 is 28.2 Å². The molecule has 1 aromatic carbocycles. The first-order chi connectivity index (χ1) is 9.68. The summed E-state index contributed by atoms with van der Waals surface area (Å²) in [6, 6.07) is 8.01. The fourth-order valence-electron chi connectivity index (χ4n) is 3.08. The van der Waals surface area contributed by atoms with Gasteiger partial charge in [0.2, 0.25) is 0 Å². The molecule has 0 amide bonds. The summed E-state index contributed by atoms with van der Waals surface area (Å²) >= 11 is 6.10. The fourth-order valence-corrected chi connectivity index (χ4v) is 3.28. The molecule has 0 saturated heterocycles. The normalized spacial score (nSPS) is 18.1. The lowest BCUT2D eigenvalue weighted by atomic mass is 9.76. The second-order valence-corrected chi connectivity index (χ2v) is 6.47. The van der Waals surface area contributed by atoms with Crippen LogP contribution < -0.4 is 5.32 Å². The minimum Gasteiger partial charge on any atom is -0.368 e. The average molecular weight is 290 g/mol. The van der Waals surface area contributed by atoms with Gasteiger partial charge in [-0.3, -0.25) is 0 Å². The summed E-state index contributed by atoms with van der Waals surface area (Å²) in [4.78, 5) is 0. The maximum Gasteiger partial charge on any atom is 0.159 e. The number of aromatic nitrogens is 2. The van der Waals surface area contributed by atoms with Crippen molar-refractivity contribution in [1.82, 2.24) is 10.2 Å². The largest absolute Gasteiger partial charge is 0.368 e. The molecule has 0 bridgehead atoms. The van der Waals surface area contributed by atoms with Crippen molar-refractivity contribution in [3.05, 3.63) is 29.4 Å². The van der Waals surface area contributed by atoms with Crippen LogP contribution in [0.1, 0.15) is 39.0 Å². The zero-order chi connectivity index (χ0) is 14.0. The zero-order valence-electron chi connectivity index (χ0n) is 11.8. The Balaban J connectivity index is 1.82. The van der Waals surface area contributed by atoms with Gasteiger partial charge in [0.1, 0.15) is 0 Å². The molecule has 1 heterocycles. The number of hydrogen-bond donors (Lipinski definition) is 1. The number of anilines is 1. The van der Waals surface area contributed by atoms with E-state index in [9.17, 15) is 0 Å². The van der Waals surface area contributed by atoms with Gasteiger partial charge in [0.25, 0.3) is 0 Å². The van der Waals surface area contributed by atoms with Crippen LogP contribution in [-0.4, -0.2) is 16.7 Å². The van der Waals surface area contributed by atoms with Gasteiger partial charge in [0.15, 0.2) is 11.0 Å². The predicted molar refractivity (Wildman–Crippen MR) is 84.2 cm³/mol. The SMILES string of the molecule is CC1(CNc2nnc(Cl)c3ccccc23)CCCCC1. The number of nitrogens with one attached hydrogen (secondary N) is 1. The molecule has 4 heteroatoms. The lowest BCUT2D eigenvalue weighted by Gasteiger charge is -2.33. The molecular weight excluding hydrogens is 270 g/mol. The lowest BCUT2D eigenvalue weighted by Crippen LogP contribution is -2.29. The summed E-state index contributed by atoms with van der Waals surface area (Å²) < 4.78 is 0. The van der Waals surface area contributed by atoms with Gasteiger partial charge in [-0.05, 0) is 18.3 Å². The maximum atomic E-state index is 6.10. The van der Waals surface area contributed by atoms with Crippen LogP contribution in [0, 0.1) is 5.41 Å². The van der Waals surface area contributed by atoms with Crippen LogP contribution in [0.3, 0.4) is 0 Å². The minimum absolute atomic E-state index is 0.376. The lowest BCUT2D eigenvalue weighted by molar-refractivity contribution is 0.233. The molecule has 3 nitrogen and oxygen atoms in total. The first-order valence-electron chi connectivity index (χ1n) is 7.33. The predicted octanol–water partition coefficient (Wildman–Crippen LogP) is 4.67. The van der Waals surface area contributed by atoms with Crippen molar-refractivity contribution in [2.75, 3.05) is 11.9 Å². The van der Waals surface area contributed by atoms with Gasteiger partial charge in [0, 0.05) is 17.3 Å². The first-order valence-corrected chi connectivity index (χ1v) is 7.71. The molecule has 1 saturated carbocycles. The first kappa shape index (κ1) is 13.6. The summed E-state index contributed by atoms with van der Waals surface area (Å²) in [5.41, 5.74) is 0.376. The summed E-state index contributed by atoms with van der Waals surface area (Å²) in [5, 5.41) is 14.2. The Hall–Kier alpha value is -1.35. The Morgan fingerprint density at radius 2 is 1.80 bits per heavy atom. The molecule has 0 unspecified atom stereocenters. The topological polar surface area (TPSA) is 37.8 Å². The van der Waals surface area contributed by atoms with Crippen LogP contribution in [-0.2, 0) is 0 Å². The Bertz CT molecular complexity index is 606. The summed E-state index contributed by atoms with van der Waals surface area (Å²) in [6.07, 6.45) is 6.63. The van der Waals surface area contributed by atoms with E-state index in [4.69, 9.17) is 11.6 Å². The third-order valence-electron chi connectivity index (χ3n) is 4.39. The molecule has 1 aliphatic carbocycles. The highest BCUT2D eigenvalue weighted by atomic mass is 35.5. The molecule has 20 heavy (non-hydrogen) atoms. The summed E-state index contributed by atoms with van der Waals surface area (Å²) in [6.45, 7) is 3.32. The number of hydrogen-bond acceptors (Lipinski definition) is 3. The van der Waals surface area contributed by atoms with Crippen molar-refractivity contribution in [2.45, 2.75) is 39.0 Å². The van der Waals surface area contributed by atoms with Crippen LogP contribution in [0.15, 0.2) is 24.3 Å². The van der Waals surface area contributed by atoms with Gasteiger partial charge in [0.05, 0.1) is 0 Å². The molecule has 0 atom stereocenters. The highest BCUT2D eigenvalue weighted by molar-refractivity contribution is 6.34. The smallest absolute Gasteiger partial charge is 0.159 e.